The van der Waals surface area contributed by atoms with Gasteiger partial charge in [0.2, 0.25) is 0 Å². The Morgan fingerprint density at radius 3 is 3.00 bits per heavy atom. The Bertz CT molecular complexity index is 163. The molecule has 3 heteroatoms. The van der Waals surface area contributed by atoms with E-state index in [1.165, 1.54) is 19.5 Å². The lowest BCUT2D eigenvalue weighted by molar-refractivity contribution is 0.0834. The summed E-state index contributed by atoms with van der Waals surface area (Å²) in [6.45, 7) is 5.52. The number of methoxy groups -OCH3 is 1. The van der Waals surface area contributed by atoms with E-state index in [1.54, 1.807) is 7.11 Å². The third kappa shape index (κ3) is 1.37. The van der Waals surface area contributed by atoms with Gasteiger partial charge in [0.25, 0.3) is 0 Å². The molecule has 3 atom stereocenters. The molecule has 0 aromatic rings. The molecule has 0 aromatic carbocycles. The summed E-state index contributed by atoms with van der Waals surface area (Å²) in [6.07, 6.45) is 1.34. The molecule has 2 aliphatic rings. The molecule has 0 spiro atoms. The molecule has 2 fully saturated rings. The highest BCUT2D eigenvalue weighted by Crippen LogP contribution is 2.25. The average molecular weight is 170 g/mol. The molecule has 2 saturated heterocycles. The first-order valence-electron chi connectivity index (χ1n) is 4.79. The molecular formula is C9H18N2O. The standard InChI is InChI=1S/C9H18N2O/c1-7(6-12-2)11-5-8-3-9(11)4-10-8/h7-10H,3-6H2,1-2H3. The van der Waals surface area contributed by atoms with E-state index in [4.69, 9.17) is 4.74 Å². The maximum absolute atomic E-state index is 5.16. The van der Waals surface area contributed by atoms with Crippen LogP contribution in [-0.4, -0.2) is 49.8 Å². The summed E-state index contributed by atoms with van der Waals surface area (Å²) in [5, 5.41) is 3.50. The van der Waals surface area contributed by atoms with Crippen molar-refractivity contribution in [2.24, 2.45) is 0 Å². The molecule has 0 saturated carbocycles. The Morgan fingerprint density at radius 2 is 2.50 bits per heavy atom. The molecule has 0 radical (unpaired) electrons. The highest BCUT2D eigenvalue weighted by Gasteiger charge is 2.39. The van der Waals surface area contributed by atoms with Gasteiger partial charge in [-0.25, -0.2) is 0 Å². The highest BCUT2D eigenvalue weighted by molar-refractivity contribution is 4.98. The first-order valence-corrected chi connectivity index (χ1v) is 4.79. The molecule has 0 aromatic heterocycles. The predicted octanol–water partition coefficient (Wildman–Crippen LogP) is 0.0674. The van der Waals surface area contributed by atoms with Crippen LogP contribution in [0, 0.1) is 0 Å². The molecule has 2 rings (SSSR count). The fourth-order valence-electron chi connectivity index (χ4n) is 2.47. The Morgan fingerprint density at radius 1 is 1.67 bits per heavy atom. The number of hydrogen-bond donors (Lipinski definition) is 1. The first kappa shape index (κ1) is 8.48. The van der Waals surface area contributed by atoms with Crippen molar-refractivity contribution in [1.29, 1.82) is 0 Å². The van der Waals surface area contributed by atoms with Crippen LogP contribution < -0.4 is 5.32 Å². The van der Waals surface area contributed by atoms with E-state index in [0.29, 0.717) is 6.04 Å². The zero-order chi connectivity index (χ0) is 8.55. The Labute approximate surface area is 74.1 Å². The van der Waals surface area contributed by atoms with Gasteiger partial charge in [-0.3, -0.25) is 4.90 Å². The SMILES string of the molecule is COCC(C)N1CC2CC1CN2. The zero-order valence-corrected chi connectivity index (χ0v) is 7.92. The van der Waals surface area contributed by atoms with Crippen LogP contribution in [0.2, 0.25) is 0 Å². The van der Waals surface area contributed by atoms with Gasteiger partial charge in [-0.1, -0.05) is 0 Å². The second-order valence-electron chi connectivity index (χ2n) is 4.00. The largest absolute Gasteiger partial charge is 0.383 e. The first-order chi connectivity index (χ1) is 5.81. The smallest absolute Gasteiger partial charge is 0.0615 e. The van der Waals surface area contributed by atoms with Crippen LogP contribution >= 0.6 is 0 Å². The predicted molar refractivity (Wildman–Crippen MR) is 48.2 cm³/mol. The molecule has 3 nitrogen and oxygen atoms in total. The Kier molecular flexibility index (Phi) is 2.35. The highest BCUT2D eigenvalue weighted by atomic mass is 16.5. The molecule has 0 aliphatic carbocycles. The monoisotopic (exact) mass is 170 g/mol. The van der Waals surface area contributed by atoms with Crippen molar-refractivity contribution in [2.45, 2.75) is 31.5 Å². The topological polar surface area (TPSA) is 24.5 Å². The Hall–Kier alpha value is -0.120. The van der Waals surface area contributed by atoms with Crippen molar-refractivity contribution in [3.05, 3.63) is 0 Å². The summed E-state index contributed by atoms with van der Waals surface area (Å²) in [4.78, 5) is 2.57. The second-order valence-corrected chi connectivity index (χ2v) is 4.00. The lowest BCUT2D eigenvalue weighted by Crippen LogP contribution is -2.48. The van der Waals surface area contributed by atoms with Crippen LogP contribution in [0.1, 0.15) is 13.3 Å². The zero-order valence-electron chi connectivity index (χ0n) is 7.92. The summed E-state index contributed by atoms with van der Waals surface area (Å²) >= 11 is 0. The van der Waals surface area contributed by atoms with Gasteiger partial charge in [-0.05, 0) is 13.3 Å². The average Bonchev–Trinajstić information content (AvgIpc) is 2.64. The fraction of sp³-hybridized carbons (Fsp3) is 1.00. The van der Waals surface area contributed by atoms with Gasteiger partial charge in [0, 0.05) is 38.3 Å². The molecule has 2 bridgehead atoms. The lowest BCUT2D eigenvalue weighted by atomic mass is 10.2. The summed E-state index contributed by atoms with van der Waals surface area (Å²) in [7, 11) is 1.78. The third-order valence-corrected chi connectivity index (χ3v) is 3.07. The molecule has 0 amide bonds. The van der Waals surface area contributed by atoms with E-state index < -0.39 is 0 Å². The fourth-order valence-corrected chi connectivity index (χ4v) is 2.47. The van der Waals surface area contributed by atoms with E-state index in [9.17, 15) is 0 Å². The van der Waals surface area contributed by atoms with Crippen molar-refractivity contribution in [3.63, 3.8) is 0 Å². The van der Waals surface area contributed by atoms with Crippen molar-refractivity contribution in [1.82, 2.24) is 10.2 Å². The number of rotatable bonds is 3. The number of ether oxygens (including phenoxy) is 1. The van der Waals surface area contributed by atoms with Crippen molar-refractivity contribution < 1.29 is 4.74 Å². The van der Waals surface area contributed by atoms with Gasteiger partial charge in [0.15, 0.2) is 0 Å². The van der Waals surface area contributed by atoms with Crippen LogP contribution in [0.4, 0.5) is 0 Å². The minimum Gasteiger partial charge on any atom is -0.383 e. The van der Waals surface area contributed by atoms with Crippen molar-refractivity contribution in [3.8, 4) is 0 Å². The van der Waals surface area contributed by atoms with Crippen molar-refractivity contribution >= 4 is 0 Å². The molecule has 70 valence electrons. The van der Waals surface area contributed by atoms with Gasteiger partial charge in [0.1, 0.15) is 0 Å². The minimum atomic E-state index is 0.590. The third-order valence-electron chi connectivity index (χ3n) is 3.07. The second kappa shape index (κ2) is 3.32. The summed E-state index contributed by atoms with van der Waals surface area (Å²) in [5.41, 5.74) is 0. The summed E-state index contributed by atoms with van der Waals surface area (Å²) in [6, 6.07) is 2.13. The number of piperazine rings is 1. The van der Waals surface area contributed by atoms with E-state index >= 15 is 0 Å². The molecule has 2 aliphatic heterocycles. The minimum absolute atomic E-state index is 0.590. The molecule has 2 heterocycles. The normalized spacial score (nSPS) is 37.5. The molecule has 1 N–H and O–H groups in total. The number of nitrogens with zero attached hydrogens (tertiary/aromatic N) is 1. The lowest BCUT2D eigenvalue weighted by Gasteiger charge is -2.32. The quantitative estimate of drug-likeness (QED) is 0.648. The van der Waals surface area contributed by atoms with Crippen LogP contribution in [0.5, 0.6) is 0 Å². The maximum Gasteiger partial charge on any atom is 0.0615 e. The van der Waals surface area contributed by atoms with Crippen molar-refractivity contribution in [2.75, 3.05) is 26.8 Å². The van der Waals surface area contributed by atoms with E-state index in [0.717, 1.165) is 18.7 Å². The van der Waals surface area contributed by atoms with Crippen LogP contribution in [-0.2, 0) is 4.74 Å². The van der Waals surface area contributed by atoms with Crippen LogP contribution in [0.15, 0.2) is 0 Å². The summed E-state index contributed by atoms with van der Waals surface area (Å²) in [5.74, 6) is 0. The van der Waals surface area contributed by atoms with Gasteiger partial charge in [0.05, 0.1) is 6.61 Å². The number of hydrogen-bond acceptors (Lipinski definition) is 3. The van der Waals surface area contributed by atoms with Gasteiger partial charge in [-0.15, -0.1) is 0 Å². The van der Waals surface area contributed by atoms with E-state index in [2.05, 4.69) is 17.1 Å². The van der Waals surface area contributed by atoms with Crippen LogP contribution in [0.3, 0.4) is 0 Å². The molecule has 3 unspecified atom stereocenters. The number of nitrogens with one attached hydrogen (secondary N) is 1. The number of likely N-dealkylation sites (tertiary alicyclic amines) is 1. The van der Waals surface area contributed by atoms with E-state index in [1.807, 2.05) is 0 Å². The molecule has 12 heavy (non-hydrogen) atoms. The van der Waals surface area contributed by atoms with E-state index in [-0.39, 0.29) is 0 Å². The summed E-state index contributed by atoms with van der Waals surface area (Å²) < 4.78 is 5.16. The van der Waals surface area contributed by atoms with Gasteiger partial charge < -0.3 is 10.1 Å². The van der Waals surface area contributed by atoms with Gasteiger partial charge >= 0.3 is 0 Å². The van der Waals surface area contributed by atoms with Crippen LogP contribution in [0.25, 0.3) is 0 Å². The number of fused-ring (bicyclic) bond motifs is 2. The maximum atomic E-state index is 5.16. The van der Waals surface area contributed by atoms with Gasteiger partial charge in [-0.2, -0.15) is 0 Å². The molecular weight excluding hydrogens is 152 g/mol. The Balaban J connectivity index is 1.89.